The minimum Gasteiger partial charge on any atom is -0.338 e. The fourth-order valence-electron chi connectivity index (χ4n) is 4.32. The molecule has 2 aliphatic rings. The van der Waals surface area contributed by atoms with Gasteiger partial charge in [-0.3, -0.25) is 14.4 Å². The number of nitrogens with zero attached hydrogens (tertiary/aromatic N) is 5. The molecule has 0 aromatic carbocycles. The second-order valence-corrected chi connectivity index (χ2v) is 7.99. The molecule has 0 radical (unpaired) electrons. The summed E-state index contributed by atoms with van der Waals surface area (Å²) in [4.78, 5) is 22.1. The molecule has 2 aromatic rings. The predicted octanol–water partition coefficient (Wildman–Crippen LogP) is 1.88. The Balaban J connectivity index is 1.61. The largest absolute Gasteiger partial charge is 0.338 e. The highest BCUT2D eigenvalue weighted by molar-refractivity contribution is 7.09. The highest BCUT2D eigenvalue weighted by Gasteiger charge is 2.57. The normalized spacial score (nSPS) is 26.8. The number of hydrogen-bond donors (Lipinski definition) is 0. The van der Waals surface area contributed by atoms with Gasteiger partial charge in [0.2, 0.25) is 5.91 Å². The molecular weight excluding hydrogens is 334 g/mol. The molecule has 6 nitrogen and oxygen atoms in total. The Morgan fingerprint density at radius 1 is 1.52 bits per heavy atom. The standard InChI is InChI=1S/C18H23N5OS/c1-3-6-23-7-4-18(17(23)24)13-22(11-14-9-20-21(2)10-14)12-15(18)16-19-5-8-25-16/h3,5,8-10,15H,1,4,6-7,11-13H2,2H3/t15-,18-/m1/s1. The highest BCUT2D eigenvalue weighted by Crippen LogP contribution is 2.50. The smallest absolute Gasteiger partial charge is 0.231 e. The van der Waals surface area contributed by atoms with Crippen molar-refractivity contribution >= 4 is 17.2 Å². The van der Waals surface area contributed by atoms with E-state index >= 15 is 0 Å². The molecule has 4 rings (SSSR count). The molecule has 1 spiro atoms. The first-order chi connectivity index (χ1) is 12.1. The molecule has 2 atom stereocenters. The van der Waals surface area contributed by atoms with Crippen molar-refractivity contribution in [1.82, 2.24) is 24.6 Å². The number of hydrogen-bond acceptors (Lipinski definition) is 5. The van der Waals surface area contributed by atoms with Crippen molar-refractivity contribution in [3.63, 3.8) is 0 Å². The van der Waals surface area contributed by atoms with Crippen LogP contribution in [0.2, 0.25) is 0 Å². The predicted molar refractivity (Wildman–Crippen MR) is 97.2 cm³/mol. The summed E-state index contributed by atoms with van der Waals surface area (Å²) in [6.07, 6.45) is 8.51. The molecular formula is C18H23N5OS. The Labute approximate surface area is 151 Å². The molecule has 25 heavy (non-hydrogen) atoms. The van der Waals surface area contributed by atoms with Crippen LogP contribution >= 0.6 is 11.3 Å². The number of carbonyl (C=O) groups is 1. The number of aryl methyl sites for hydroxylation is 1. The molecule has 2 aromatic heterocycles. The number of amides is 1. The summed E-state index contributed by atoms with van der Waals surface area (Å²) in [6.45, 7) is 7.72. The van der Waals surface area contributed by atoms with Crippen molar-refractivity contribution in [2.24, 2.45) is 12.5 Å². The van der Waals surface area contributed by atoms with Crippen LogP contribution in [-0.2, 0) is 18.4 Å². The highest BCUT2D eigenvalue weighted by atomic mass is 32.1. The minimum absolute atomic E-state index is 0.173. The van der Waals surface area contributed by atoms with Gasteiger partial charge >= 0.3 is 0 Å². The van der Waals surface area contributed by atoms with Crippen molar-refractivity contribution in [1.29, 1.82) is 0 Å². The lowest BCUT2D eigenvalue weighted by Gasteiger charge is -2.27. The van der Waals surface area contributed by atoms with Crippen LogP contribution in [0.15, 0.2) is 36.6 Å². The van der Waals surface area contributed by atoms with Gasteiger partial charge in [0.25, 0.3) is 0 Å². The minimum atomic E-state index is -0.344. The zero-order chi connectivity index (χ0) is 17.4. The fourth-order valence-corrected chi connectivity index (χ4v) is 5.16. The lowest BCUT2D eigenvalue weighted by atomic mass is 9.77. The Morgan fingerprint density at radius 3 is 3.08 bits per heavy atom. The number of aromatic nitrogens is 3. The second kappa shape index (κ2) is 6.38. The number of rotatable bonds is 5. The molecule has 0 unspecified atom stereocenters. The fraction of sp³-hybridized carbons (Fsp3) is 0.500. The van der Waals surface area contributed by atoms with Crippen LogP contribution in [0, 0.1) is 5.41 Å². The van der Waals surface area contributed by atoms with E-state index < -0.39 is 0 Å². The van der Waals surface area contributed by atoms with Gasteiger partial charge < -0.3 is 4.90 Å². The lowest BCUT2D eigenvalue weighted by Crippen LogP contribution is -2.39. The first-order valence-electron chi connectivity index (χ1n) is 8.62. The SMILES string of the molecule is C=CCN1CC[C@]2(CN(Cc3cnn(C)c3)C[C@@H]2c2nccs2)C1=O. The maximum absolute atomic E-state index is 13.2. The van der Waals surface area contributed by atoms with Gasteiger partial charge in [-0.2, -0.15) is 5.10 Å². The van der Waals surface area contributed by atoms with Gasteiger partial charge in [-0.05, 0) is 6.42 Å². The zero-order valence-corrected chi connectivity index (χ0v) is 15.3. The van der Waals surface area contributed by atoms with Crippen LogP contribution in [0.1, 0.15) is 22.9 Å². The summed E-state index contributed by atoms with van der Waals surface area (Å²) in [6, 6.07) is 0. The average molecular weight is 357 g/mol. The van der Waals surface area contributed by atoms with E-state index in [1.54, 1.807) is 11.3 Å². The van der Waals surface area contributed by atoms with E-state index in [0.717, 1.165) is 37.6 Å². The van der Waals surface area contributed by atoms with Crippen molar-refractivity contribution < 1.29 is 4.79 Å². The second-order valence-electron chi connectivity index (χ2n) is 7.06. The third-order valence-electron chi connectivity index (χ3n) is 5.42. The molecule has 2 aliphatic heterocycles. The molecule has 7 heteroatoms. The molecule has 1 amide bonds. The summed E-state index contributed by atoms with van der Waals surface area (Å²) in [5.41, 5.74) is 0.842. The Morgan fingerprint density at radius 2 is 2.40 bits per heavy atom. The Kier molecular flexibility index (Phi) is 4.21. The number of carbonyl (C=O) groups excluding carboxylic acids is 1. The van der Waals surface area contributed by atoms with E-state index in [9.17, 15) is 4.79 Å². The number of thiazole rings is 1. The molecule has 132 valence electrons. The van der Waals surface area contributed by atoms with Gasteiger partial charge in [0.15, 0.2) is 0 Å². The summed E-state index contributed by atoms with van der Waals surface area (Å²) >= 11 is 1.66. The summed E-state index contributed by atoms with van der Waals surface area (Å²) < 4.78 is 1.83. The van der Waals surface area contributed by atoms with Crippen molar-refractivity contribution in [2.75, 3.05) is 26.2 Å². The first kappa shape index (κ1) is 16.5. The van der Waals surface area contributed by atoms with Crippen LogP contribution in [-0.4, -0.2) is 56.7 Å². The van der Waals surface area contributed by atoms with E-state index in [-0.39, 0.29) is 17.2 Å². The van der Waals surface area contributed by atoms with Crippen LogP contribution in [0.5, 0.6) is 0 Å². The Bertz CT molecular complexity index is 770. The topological polar surface area (TPSA) is 54.3 Å². The van der Waals surface area contributed by atoms with Gasteiger partial charge in [0.05, 0.1) is 16.6 Å². The Hall–Kier alpha value is -1.99. The zero-order valence-electron chi connectivity index (χ0n) is 14.5. The van der Waals surface area contributed by atoms with E-state index in [4.69, 9.17) is 0 Å². The molecule has 0 bridgehead atoms. The average Bonchev–Trinajstić information content (AvgIpc) is 3.35. The van der Waals surface area contributed by atoms with Crippen molar-refractivity contribution in [2.45, 2.75) is 18.9 Å². The molecule has 0 saturated carbocycles. The summed E-state index contributed by atoms with van der Waals surface area (Å²) in [5, 5.41) is 7.35. The molecule has 0 aliphatic carbocycles. The van der Waals surface area contributed by atoms with Crippen LogP contribution in [0.4, 0.5) is 0 Å². The van der Waals surface area contributed by atoms with Crippen LogP contribution in [0.3, 0.4) is 0 Å². The first-order valence-corrected chi connectivity index (χ1v) is 9.50. The molecule has 2 fully saturated rings. The third kappa shape index (κ3) is 2.81. The van der Waals surface area contributed by atoms with E-state index in [2.05, 4.69) is 21.6 Å². The molecule has 2 saturated heterocycles. The monoisotopic (exact) mass is 357 g/mol. The van der Waals surface area contributed by atoms with Gasteiger partial charge in [-0.15, -0.1) is 17.9 Å². The maximum Gasteiger partial charge on any atom is 0.231 e. The number of likely N-dealkylation sites (tertiary alicyclic amines) is 2. The van der Waals surface area contributed by atoms with Crippen molar-refractivity contribution in [3.05, 3.63) is 47.2 Å². The van der Waals surface area contributed by atoms with Gasteiger partial charge in [0, 0.05) is 69.0 Å². The van der Waals surface area contributed by atoms with E-state index in [0.29, 0.717) is 6.54 Å². The van der Waals surface area contributed by atoms with E-state index in [1.165, 1.54) is 5.56 Å². The van der Waals surface area contributed by atoms with Crippen LogP contribution < -0.4 is 0 Å². The maximum atomic E-state index is 13.2. The summed E-state index contributed by atoms with van der Waals surface area (Å²) in [7, 11) is 1.93. The lowest BCUT2D eigenvalue weighted by molar-refractivity contribution is -0.135. The quantitative estimate of drug-likeness (QED) is 0.767. The van der Waals surface area contributed by atoms with Gasteiger partial charge in [-0.1, -0.05) is 6.08 Å². The summed E-state index contributed by atoms with van der Waals surface area (Å²) in [5.74, 6) is 0.438. The third-order valence-corrected chi connectivity index (χ3v) is 6.31. The van der Waals surface area contributed by atoms with Crippen molar-refractivity contribution in [3.8, 4) is 0 Å². The molecule has 0 N–H and O–H groups in total. The van der Waals surface area contributed by atoms with Gasteiger partial charge in [0.1, 0.15) is 0 Å². The van der Waals surface area contributed by atoms with Crippen LogP contribution in [0.25, 0.3) is 0 Å². The molecule has 4 heterocycles. The van der Waals surface area contributed by atoms with E-state index in [1.807, 2.05) is 46.7 Å². The van der Waals surface area contributed by atoms with Gasteiger partial charge in [-0.25, -0.2) is 4.98 Å².